The number of aromatic nitrogens is 1. The predicted octanol–water partition coefficient (Wildman–Crippen LogP) is 0.0892. The molecule has 0 saturated heterocycles. The molecule has 26 heavy (non-hydrogen) atoms. The lowest BCUT2D eigenvalue weighted by Gasteiger charge is -2.24. The van der Waals surface area contributed by atoms with Gasteiger partial charge in [0.25, 0.3) is 0 Å². The summed E-state index contributed by atoms with van der Waals surface area (Å²) in [5.41, 5.74) is 13.2. The Kier molecular flexibility index (Phi) is 5.03. The summed E-state index contributed by atoms with van der Waals surface area (Å²) in [4.78, 5) is 37.9. The molecule has 0 saturated carbocycles. The lowest BCUT2D eigenvalue weighted by molar-refractivity contribution is -0.159. The van der Waals surface area contributed by atoms with Crippen molar-refractivity contribution in [3.05, 3.63) is 36.0 Å². The highest BCUT2D eigenvalue weighted by Gasteiger charge is 2.44. The molecule has 0 bridgehead atoms. The molecule has 0 radical (unpaired) electrons. The summed E-state index contributed by atoms with van der Waals surface area (Å²) in [6, 6.07) is 7.49. The van der Waals surface area contributed by atoms with Gasteiger partial charge in [0.15, 0.2) is 5.90 Å². The SMILES string of the molecule is N=C(CC(O)(C(=O)OC(N)=O)c1ccc2cc(N)ccc2n1)OC(N)=O. The highest BCUT2D eigenvalue weighted by atomic mass is 16.6. The van der Waals surface area contributed by atoms with E-state index in [9.17, 15) is 19.5 Å². The van der Waals surface area contributed by atoms with Gasteiger partial charge in [-0.2, -0.15) is 0 Å². The molecule has 0 spiro atoms. The number of benzene rings is 1. The van der Waals surface area contributed by atoms with Gasteiger partial charge in [0.1, 0.15) is 0 Å². The van der Waals surface area contributed by atoms with Gasteiger partial charge in [0.2, 0.25) is 5.60 Å². The van der Waals surface area contributed by atoms with Gasteiger partial charge in [-0.1, -0.05) is 6.07 Å². The Labute approximate surface area is 146 Å². The molecule has 2 rings (SSSR count). The number of primary amides is 2. The molecule has 0 aliphatic carbocycles. The number of nitrogen functional groups attached to an aromatic ring is 1. The molecule has 11 heteroatoms. The number of rotatable bonds is 4. The Bertz CT molecular complexity index is 915. The third-order valence-corrected chi connectivity index (χ3v) is 3.31. The maximum atomic E-state index is 12.2. The third-order valence-electron chi connectivity index (χ3n) is 3.31. The first-order chi connectivity index (χ1) is 12.1. The normalized spacial score (nSPS) is 12.8. The van der Waals surface area contributed by atoms with E-state index in [4.69, 9.17) is 22.6 Å². The van der Waals surface area contributed by atoms with Gasteiger partial charge < -0.3 is 31.8 Å². The molecule has 8 N–H and O–H groups in total. The van der Waals surface area contributed by atoms with Crippen LogP contribution in [0.3, 0.4) is 0 Å². The smallest absolute Gasteiger partial charge is 0.399 e. The average Bonchev–Trinajstić information content (AvgIpc) is 2.52. The van der Waals surface area contributed by atoms with E-state index in [0.717, 1.165) is 0 Å². The van der Waals surface area contributed by atoms with E-state index in [1.54, 1.807) is 18.2 Å². The highest BCUT2D eigenvalue weighted by molar-refractivity contribution is 5.95. The van der Waals surface area contributed by atoms with Crippen molar-refractivity contribution in [2.75, 3.05) is 5.73 Å². The van der Waals surface area contributed by atoms with Crippen LogP contribution in [0.5, 0.6) is 0 Å². The molecule has 11 nitrogen and oxygen atoms in total. The lowest BCUT2D eigenvalue weighted by atomic mass is 9.94. The minimum atomic E-state index is -2.63. The second-order valence-electron chi connectivity index (χ2n) is 5.24. The van der Waals surface area contributed by atoms with Crippen LogP contribution in [0.1, 0.15) is 12.1 Å². The Morgan fingerprint density at radius 3 is 2.38 bits per heavy atom. The van der Waals surface area contributed by atoms with Crippen LogP contribution < -0.4 is 17.2 Å². The Hall–Kier alpha value is -3.73. The van der Waals surface area contributed by atoms with E-state index in [2.05, 4.69) is 14.5 Å². The molecule has 1 atom stereocenters. The minimum absolute atomic E-state index is 0.265. The molecular formula is C15H15N5O6. The Morgan fingerprint density at radius 2 is 1.77 bits per heavy atom. The van der Waals surface area contributed by atoms with Crippen LogP contribution in [0.15, 0.2) is 30.3 Å². The summed E-state index contributed by atoms with van der Waals surface area (Å²) in [5, 5.41) is 18.9. The van der Waals surface area contributed by atoms with Gasteiger partial charge in [-0.3, -0.25) is 5.41 Å². The maximum Gasteiger partial charge on any atom is 0.412 e. The van der Waals surface area contributed by atoms with E-state index in [-0.39, 0.29) is 5.69 Å². The van der Waals surface area contributed by atoms with Crippen molar-refractivity contribution in [2.45, 2.75) is 12.0 Å². The van der Waals surface area contributed by atoms with Crippen molar-refractivity contribution < 1.29 is 29.0 Å². The molecule has 1 aromatic carbocycles. The van der Waals surface area contributed by atoms with E-state index < -0.39 is 36.1 Å². The van der Waals surface area contributed by atoms with E-state index in [0.29, 0.717) is 16.6 Å². The van der Waals surface area contributed by atoms with Crippen molar-refractivity contribution in [3.8, 4) is 0 Å². The summed E-state index contributed by atoms with van der Waals surface area (Å²) in [7, 11) is 0. The van der Waals surface area contributed by atoms with E-state index >= 15 is 0 Å². The lowest BCUT2D eigenvalue weighted by Crippen LogP contribution is -2.42. The number of pyridine rings is 1. The topological polar surface area (TPSA) is 205 Å². The number of nitrogens with one attached hydrogen (secondary N) is 1. The second-order valence-corrected chi connectivity index (χ2v) is 5.24. The molecule has 1 heterocycles. The largest absolute Gasteiger partial charge is 0.412 e. The zero-order chi connectivity index (χ0) is 19.5. The summed E-state index contributed by atoms with van der Waals surface area (Å²) in [5.74, 6) is -2.34. The fraction of sp³-hybridized carbons (Fsp3) is 0.133. The number of ether oxygens (including phenoxy) is 2. The molecular weight excluding hydrogens is 346 g/mol. The summed E-state index contributed by atoms with van der Waals surface area (Å²) >= 11 is 0. The van der Waals surface area contributed by atoms with Crippen molar-refractivity contribution in [1.29, 1.82) is 5.41 Å². The van der Waals surface area contributed by atoms with Gasteiger partial charge in [-0.05, 0) is 24.3 Å². The molecule has 2 amide bonds. The number of anilines is 1. The van der Waals surface area contributed by atoms with Crippen molar-refractivity contribution in [2.24, 2.45) is 11.5 Å². The Balaban J connectivity index is 2.49. The van der Waals surface area contributed by atoms with Crippen LogP contribution in [0.25, 0.3) is 10.9 Å². The number of esters is 1. The van der Waals surface area contributed by atoms with Crippen molar-refractivity contribution in [1.82, 2.24) is 4.98 Å². The van der Waals surface area contributed by atoms with E-state index in [1.807, 2.05) is 0 Å². The van der Waals surface area contributed by atoms with Crippen LogP contribution >= 0.6 is 0 Å². The zero-order valence-electron chi connectivity index (χ0n) is 13.3. The number of hydrogen-bond acceptors (Lipinski definition) is 9. The van der Waals surface area contributed by atoms with Gasteiger partial charge in [-0.15, -0.1) is 0 Å². The predicted molar refractivity (Wildman–Crippen MR) is 88.7 cm³/mol. The second kappa shape index (κ2) is 7.03. The first-order valence-corrected chi connectivity index (χ1v) is 7.07. The van der Waals surface area contributed by atoms with Crippen LogP contribution in [-0.4, -0.2) is 34.1 Å². The third kappa shape index (κ3) is 4.02. The fourth-order valence-corrected chi connectivity index (χ4v) is 2.21. The maximum absolute atomic E-state index is 12.2. The van der Waals surface area contributed by atoms with Gasteiger partial charge in [0.05, 0.1) is 17.6 Å². The zero-order valence-corrected chi connectivity index (χ0v) is 13.3. The number of carbonyl (C=O) groups is 3. The molecule has 2 aromatic rings. The molecule has 0 aliphatic heterocycles. The molecule has 1 unspecified atom stereocenters. The number of nitrogens with two attached hydrogens (primary N) is 3. The summed E-state index contributed by atoms with van der Waals surface area (Å²) < 4.78 is 8.55. The molecule has 0 fully saturated rings. The quantitative estimate of drug-likeness (QED) is 0.165. The number of carbonyl (C=O) groups excluding carboxylic acids is 3. The van der Waals surface area contributed by atoms with Crippen LogP contribution in [0.4, 0.5) is 15.3 Å². The number of fused-ring (bicyclic) bond motifs is 1. The van der Waals surface area contributed by atoms with Crippen LogP contribution in [0, 0.1) is 5.41 Å². The molecule has 136 valence electrons. The summed E-state index contributed by atoms with van der Waals surface area (Å²) in [6.45, 7) is 0. The standard InChI is InChI=1S/C15H15N5O6/c16-8-2-3-9-7(5-8)1-4-10(20-9)15(24,12(21)26-14(19)23)6-11(17)25-13(18)22/h1-5,17,24H,6,16H2,(H2,18,22)(H2,19,23). The average molecular weight is 361 g/mol. The van der Waals surface area contributed by atoms with Gasteiger partial charge >= 0.3 is 18.2 Å². The van der Waals surface area contributed by atoms with Crippen LogP contribution in [-0.2, 0) is 19.9 Å². The number of hydrogen-bond donors (Lipinski definition) is 5. The first kappa shape index (κ1) is 18.6. The monoisotopic (exact) mass is 361 g/mol. The van der Waals surface area contributed by atoms with E-state index in [1.165, 1.54) is 12.1 Å². The van der Waals surface area contributed by atoms with Crippen molar-refractivity contribution >= 4 is 40.6 Å². The van der Waals surface area contributed by atoms with Gasteiger partial charge in [0, 0.05) is 11.1 Å². The number of nitrogens with zero attached hydrogens (tertiary/aromatic N) is 1. The van der Waals surface area contributed by atoms with Crippen molar-refractivity contribution in [3.63, 3.8) is 0 Å². The van der Waals surface area contributed by atoms with Crippen LogP contribution in [0.2, 0.25) is 0 Å². The molecule has 1 aromatic heterocycles. The minimum Gasteiger partial charge on any atom is -0.399 e. The number of aliphatic hydroxyl groups is 1. The highest BCUT2D eigenvalue weighted by Crippen LogP contribution is 2.28. The summed E-state index contributed by atoms with van der Waals surface area (Å²) in [6.07, 6.45) is -3.66. The number of amides is 2. The Morgan fingerprint density at radius 1 is 1.12 bits per heavy atom. The first-order valence-electron chi connectivity index (χ1n) is 7.07. The van der Waals surface area contributed by atoms with Gasteiger partial charge in [-0.25, -0.2) is 19.4 Å². The fourth-order valence-electron chi connectivity index (χ4n) is 2.21. The molecule has 0 aliphatic rings.